The number of nitrogens with zero attached hydrogens (tertiary/aromatic N) is 2. The summed E-state index contributed by atoms with van der Waals surface area (Å²) in [5.74, 6) is -1.57. The summed E-state index contributed by atoms with van der Waals surface area (Å²) >= 11 is 0. The van der Waals surface area contributed by atoms with Gasteiger partial charge in [-0.2, -0.15) is 0 Å². The van der Waals surface area contributed by atoms with Gasteiger partial charge in [-0.05, 0) is 57.0 Å². The number of rotatable bonds is 10. The Morgan fingerprint density at radius 1 is 0.923 bits per heavy atom. The topological polar surface area (TPSA) is 86.8 Å². The van der Waals surface area contributed by atoms with Crippen LogP contribution in [0, 0.1) is 12.7 Å². The van der Waals surface area contributed by atoms with Crippen molar-refractivity contribution in [3.8, 4) is 0 Å². The second kappa shape index (κ2) is 12.4. The van der Waals surface area contributed by atoms with Crippen LogP contribution < -0.4 is 9.62 Å². The van der Waals surface area contributed by atoms with Crippen molar-refractivity contribution in [3.63, 3.8) is 0 Å². The van der Waals surface area contributed by atoms with E-state index in [4.69, 9.17) is 0 Å². The van der Waals surface area contributed by atoms with Crippen LogP contribution in [0.15, 0.2) is 78.9 Å². The molecule has 1 atom stereocenters. The van der Waals surface area contributed by atoms with E-state index < -0.39 is 39.9 Å². The molecule has 3 rings (SSSR count). The monoisotopic (exact) mass is 553 g/mol. The minimum absolute atomic E-state index is 0.0277. The number of benzene rings is 3. The lowest BCUT2D eigenvalue weighted by molar-refractivity contribution is -0.140. The van der Waals surface area contributed by atoms with Crippen LogP contribution in [0.3, 0.4) is 0 Å². The van der Waals surface area contributed by atoms with E-state index in [0.29, 0.717) is 0 Å². The first-order valence-electron chi connectivity index (χ1n) is 12.7. The highest BCUT2D eigenvalue weighted by molar-refractivity contribution is 7.92. The van der Waals surface area contributed by atoms with Gasteiger partial charge in [0.2, 0.25) is 21.8 Å². The first-order chi connectivity index (χ1) is 18.2. The SMILES string of the molecule is Cc1ccc(CN(C(=O)CN(c2cccc(F)c2)S(C)(=O)=O)[C@H](Cc2ccccc2)C(=O)NC(C)(C)C)cc1. The van der Waals surface area contributed by atoms with Crippen LogP contribution in [0.25, 0.3) is 0 Å². The van der Waals surface area contributed by atoms with Crippen LogP contribution in [-0.2, 0) is 32.6 Å². The van der Waals surface area contributed by atoms with Crippen molar-refractivity contribution in [1.82, 2.24) is 10.2 Å². The van der Waals surface area contributed by atoms with Crippen LogP contribution >= 0.6 is 0 Å². The lowest BCUT2D eigenvalue weighted by Gasteiger charge is -2.35. The molecule has 0 radical (unpaired) electrons. The third kappa shape index (κ3) is 8.92. The zero-order valence-electron chi connectivity index (χ0n) is 23.0. The highest BCUT2D eigenvalue weighted by atomic mass is 32.2. The van der Waals surface area contributed by atoms with Gasteiger partial charge in [0.05, 0.1) is 11.9 Å². The number of amides is 2. The van der Waals surface area contributed by atoms with Gasteiger partial charge in [-0.3, -0.25) is 13.9 Å². The lowest BCUT2D eigenvalue weighted by Crippen LogP contribution is -2.56. The van der Waals surface area contributed by atoms with Gasteiger partial charge in [-0.15, -0.1) is 0 Å². The molecule has 208 valence electrons. The molecule has 9 heteroatoms. The maximum atomic E-state index is 14.0. The first kappa shape index (κ1) is 29.8. The van der Waals surface area contributed by atoms with Gasteiger partial charge in [0.25, 0.3) is 0 Å². The molecule has 2 amide bonds. The molecule has 3 aromatic rings. The van der Waals surface area contributed by atoms with E-state index in [9.17, 15) is 22.4 Å². The maximum Gasteiger partial charge on any atom is 0.244 e. The second-order valence-electron chi connectivity index (χ2n) is 10.7. The number of anilines is 1. The highest BCUT2D eigenvalue weighted by Gasteiger charge is 2.34. The molecule has 0 bridgehead atoms. The molecule has 0 aliphatic heterocycles. The fraction of sp³-hybridized carbons (Fsp3) is 0.333. The van der Waals surface area contributed by atoms with E-state index in [-0.39, 0.29) is 24.6 Å². The predicted molar refractivity (Wildman–Crippen MR) is 152 cm³/mol. The Hall–Kier alpha value is -3.72. The molecule has 39 heavy (non-hydrogen) atoms. The maximum absolute atomic E-state index is 14.0. The number of carbonyl (C=O) groups excluding carboxylic acids is 2. The molecule has 0 fully saturated rings. The van der Waals surface area contributed by atoms with Gasteiger partial charge in [0.1, 0.15) is 18.4 Å². The average molecular weight is 554 g/mol. The number of nitrogens with one attached hydrogen (secondary N) is 1. The third-order valence-electron chi connectivity index (χ3n) is 6.02. The standard InChI is InChI=1S/C30H36FN3O4S/c1-22-14-16-24(17-15-22)20-33(27(29(36)32-30(2,3)4)18-23-10-7-6-8-11-23)28(35)21-34(39(5,37)38)26-13-9-12-25(31)19-26/h6-17,19,27H,18,20-21H2,1-5H3,(H,32,36)/t27-/m1/s1. The molecule has 0 saturated heterocycles. The molecule has 0 heterocycles. The van der Waals surface area contributed by atoms with E-state index in [2.05, 4.69) is 5.32 Å². The van der Waals surface area contributed by atoms with Crippen LogP contribution in [0.2, 0.25) is 0 Å². The number of aryl methyl sites for hydroxylation is 1. The number of sulfonamides is 1. The first-order valence-corrected chi connectivity index (χ1v) is 14.5. The summed E-state index contributed by atoms with van der Waals surface area (Å²) in [6.07, 6.45) is 1.18. The van der Waals surface area contributed by atoms with Gasteiger partial charge in [0.15, 0.2) is 0 Å². The van der Waals surface area contributed by atoms with Gasteiger partial charge in [-0.25, -0.2) is 12.8 Å². The number of carbonyl (C=O) groups is 2. The molecule has 3 aromatic carbocycles. The van der Waals surface area contributed by atoms with Gasteiger partial charge < -0.3 is 10.2 Å². The minimum atomic E-state index is -3.96. The van der Waals surface area contributed by atoms with Crippen molar-refractivity contribution >= 4 is 27.5 Å². The van der Waals surface area contributed by atoms with E-state index in [1.807, 2.05) is 82.3 Å². The Kier molecular flexibility index (Phi) is 9.50. The normalized spacial score (nSPS) is 12.5. The van der Waals surface area contributed by atoms with Crippen LogP contribution in [0.4, 0.5) is 10.1 Å². The fourth-order valence-corrected chi connectivity index (χ4v) is 4.98. The van der Waals surface area contributed by atoms with Crippen molar-refractivity contribution in [2.24, 2.45) is 0 Å². The molecule has 0 aliphatic rings. The Balaban J connectivity index is 2.07. The molecule has 1 N–H and O–H groups in total. The van der Waals surface area contributed by atoms with Crippen LogP contribution in [0.5, 0.6) is 0 Å². The van der Waals surface area contributed by atoms with E-state index in [1.165, 1.54) is 23.1 Å². The van der Waals surface area contributed by atoms with Crippen molar-refractivity contribution in [2.45, 2.75) is 52.2 Å². The van der Waals surface area contributed by atoms with E-state index in [1.54, 1.807) is 0 Å². The molecule has 0 unspecified atom stereocenters. The summed E-state index contributed by atoms with van der Waals surface area (Å²) < 4.78 is 40.3. The largest absolute Gasteiger partial charge is 0.350 e. The van der Waals surface area contributed by atoms with Crippen molar-refractivity contribution < 1.29 is 22.4 Å². The van der Waals surface area contributed by atoms with Crippen molar-refractivity contribution in [1.29, 1.82) is 0 Å². The van der Waals surface area contributed by atoms with E-state index >= 15 is 0 Å². The minimum Gasteiger partial charge on any atom is -0.350 e. The Labute approximate surface area is 230 Å². The molecule has 0 spiro atoms. The Morgan fingerprint density at radius 2 is 1.56 bits per heavy atom. The molecular weight excluding hydrogens is 517 g/mol. The van der Waals surface area contributed by atoms with Gasteiger partial charge >= 0.3 is 0 Å². The van der Waals surface area contributed by atoms with Gasteiger partial charge in [0, 0.05) is 18.5 Å². The third-order valence-corrected chi connectivity index (χ3v) is 7.16. The second-order valence-corrected chi connectivity index (χ2v) is 12.6. The summed E-state index contributed by atoms with van der Waals surface area (Å²) in [5.41, 5.74) is 2.13. The summed E-state index contributed by atoms with van der Waals surface area (Å²) in [5, 5.41) is 2.98. The lowest BCUT2D eigenvalue weighted by atomic mass is 10.0. The number of hydrogen-bond donors (Lipinski definition) is 1. The zero-order valence-corrected chi connectivity index (χ0v) is 23.8. The summed E-state index contributed by atoms with van der Waals surface area (Å²) in [4.78, 5) is 29.1. The molecule has 0 aromatic heterocycles. The van der Waals surface area contributed by atoms with Crippen molar-refractivity contribution in [2.75, 3.05) is 17.1 Å². The summed E-state index contributed by atoms with van der Waals surface area (Å²) in [7, 11) is -3.96. The summed E-state index contributed by atoms with van der Waals surface area (Å²) in [6.45, 7) is 6.99. The molecule has 7 nitrogen and oxygen atoms in total. The smallest absolute Gasteiger partial charge is 0.244 e. The summed E-state index contributed by atoms with van der Waals surface area (Å²) in [6, 6.07) is 21.0. The zero-order chi connectivity index (χ0) is 28.8. The highest BCUT2D eigenvalue weighted by Crippen LogP contribution is 2.21. The predicted octanol–water partition coefficient (Wildman–Crippen LogP) is 4.45. The molecule has 0 aliphatic carbocycles. The molecular formula is C30H36FN3O4S. The van der Waals surface area contributed by atoms with Crippen molar-refractivity contribution in [3.05, 3.63) is 101 Å². The van der Waals surface area contributed by atoms with Gasteiger partial charge in [-0.1, -0.05) is 66.2 Å². The molecule has 0 saturated carbocycles. The Bertz CT molecular complexity index is 1390. The average Bonchev–Trinajstić information content (AvgIpc) is 2.84. The quantitative estimate of drug-likeness (QED) is 0.402. The Morgan fingerprint density at radius 3 is 2.13 bits per heavy atom. The number of hydrogen-bond acceptors (Lipinski definition) is 4. The fourth-order valence-electron chi connectivity index (χ4n) is 4.14. The van der Waals surface area contributed by atoms with Crippen LogP contribution in [0.1, 0.15) is 37.5 Å². The van der Waals surface area contributed by atoms with Crippen LogP contribution in [-0.4, -0.2) is 49.5 Å². The number of halogens is 1. The van der Waals surface area contributed by atoms with E-state index in [0.717, 1.165) is 33.3 Å².